The number of halogens is 11. The highest BCUT2D eigenvalue weighted by Crippen LogP contribution is 2.22. The zero-order valence-corrected chi connectivity index (χ0v) is 77.7. The van der Waals surface area contributed by atoms with Gasteiger partial charge in [0.15, 0.2) is 0 Å². The number of nitrogens with two attached hydrogens (primary N) is 5. The Morgan fingerprint density at radius 2 is 0.394 bits per heavy atom. The quantitative estimate of drug-likeness (QED) is 0.0168. The van der Waals surface area contributed by atoms with E-state index in [0.29, 0.717) is 11.1 Å². The molecule has 11 atom stereocenters. The van der Waals surface area contributed by atoms with Crippen molar-refractivity contribution in [3.63, 3.8) is 0 Å². The molecule has 0 spiro atoms. The first-order valence-corrected chi connectivity index (χ1v) is 43.2. The van der Waals surface area contributed by atoms with E-state index in [2.05, 4.69) is 31.4 Å². The molecule has 0 fully saturated rings. The first-order chi connectivity index (χ1) is 62.2. The SMILES string of the molecule is CB(O)NC(C)c1cccc(F)c1.CB(O)NC(C)c1cccc(F)c1.CB(O)NC(C)c1cccc(F)c1.CB(O)NC(C)c1cccc(F)c1.CB(O)NC(CO)c1cccc(F)c1.CC(N)c1cccc(F)c1.CC(N)c1cccc(F)c1.CC(N)c1cccc(F)c1.CCC(N)c1cccc(F)c1.CCC(NB(C)O)c1cccc(F)c1.NC(CO)c1cccc(F)c1. The van der Waals surface area contributed by atoms with Crippen molar-refractivity contribution in [2.75, 3.05) is 13.2 Å². The first-order valence-electron chi connectivity index (χ1n) is 43.2. The van der Waals surface area contributed by atoms with E-state index in [0.717, 1.165) is 62.9 Å². The van der Waals surface area contributed by atoms with Gasteiger partial charge in [-0.15, -0.1) is 0 Å². The molecule has 0 aliphatic rings. The molecular formula is C96H132B6F11N11O8. The summed E-state index contributed by atoms with van der Waals surface area (Å²) in [5.41, 5.74) is 36.5. The lowest BCUT2D eigenvalue weighted by Crippen LogP contribution is -2.36. The molecule has 0 aliphatic heterocycles. The van der Waals surface area contributed by atoms with Crippen LogP contribution in [0.4, 0.5) is 48.3 Å². The van der Waals surface area contributed by atoms with Crippen molar-refractivity contribution >= 4 is 42.3 Å². The van der Waals surface area contributed by atoms with Gasteiger partial charge in [0.2, 0.25) is 0 Å². The minimum absolute atomic E-state index is 0.00528. The molecular weight excluding hydrogens is 1710 g/mol. The van der Waals surface area contributed by atoms with Crippen LogP contribution in [0.1, 0.15) is 203 Å². The van der Waals surface area contributed by atoms with Crippen molar-refractivity contribution < 1.29 is 88.7 Å². The minimum Gasteiger partial charge on any atom is -0.437 e. The second-order valence-corrected chi connectivity index (χ2v) is 30.9. The van der Waals surface area contributed by atoms with E-state index in [4.69, 9.17) is 64.0 Å². The lowest BCUT2D eigenvalue weighted by Gasteiger charge is -2.17. The summed E-state index contributed by atoms with van der Waals surface area (Å²) in [6.45, 7) is 26.4. The lowest BCUT2D eigenvalue weighted by molar-refractivity contribution is 0.255. The Labute approximate surface area is 774 Å². The van der Waals surface area contributed by atoms with Crippen LogP contribution in [-0.2, 0) is 0 Å². The molecule has 0 saturated heterocycles. The van der Waals surface area contributed by atoms with Crippen LogP contribution in [0, 0.1) is 64.0 Å². The zero-order chi connectivity index (χ0) is 99.7. The fourth-order valence-electron chi connectivity index (χ4n) is 11.9. The van der Waals surface area contributed by atoms with Crippen molar-refractivity contribution in [1.29, 1.82) is 0 Å². The summed E-state index contributed by atoms with van der Waals surface area (Å²) in [7, 11) is -3.66. The molecule has 132 heavy (non-hydrogen) atoms. The fraction of sp³-hybridized carbons (Fsp3) is 0.312. The third-order valence-electron chi connectivity index (χ3n) is 18.7. The summed E-state index contributed by atoms with van der Waals surface area (Å²) in [6.07, 6.45) is 1.65. The Bertz CT molecular complexity index is 4470. The molecule has 0 saturated carbocycles. The fourth-order valence-corrected chi connectivity index (χ4v) is 11.9. The van der Waals surface area contributed by atoms with Crippen LogP contribution >= 0.6 is 0 Å². The number of hydrogen-bond donors (Lipinski definition) is 19. The van der Waals surface area contributed by atoms with Crippen molar-refractivity contribution in [2.24, 2.45) is 28.7 Å². The van der Waals surface area contributed by atoms with Gasteiger partial charge in [0.25, 0.3) is 0 Å². The molecule has 0 aliphatic carbocycles. The molecule has 11 rings (SSSR count). The van der Waals surface area contributed by atoms with E-state index in [1.54, 1.807) is 120 Å². The van der Waals surface area contributed by atoms with E-state index in [-0.39, 0.29) is 132 Å². The lowest BCUT2D eigenvalue weighted by atomic mass is 9.85. The predicted octanol–water partition coefficient (Wildman–Crippen LogP) is 17.5. The third-order valence-corrected chi connectivity index (χ3v) is 18.7. The normalized spacial score (nSPS) is 12.8. The van der Waals surface area contributed by atoms with Crippen molar-refractivity contribution in [3.05, 3.63) is 392 Å². The maximum atomic E-state index is 12.9. The molecule has 24 N–H and O–H groups in total. The molecule has 0 heterocycles. The van der Waals surface area contributed by atoms with Gasteiger partial charge in [0, 0.05) is 60.4 Å². The highest BCUT2D eigenvalue weighted by atomic mass is 19.2. The summed E-state index contributed by atoms with van der Waals surface area (Å²) < 4.78 is 139. The second kappa shape index (κ2) is 67.5. The molecule has 11 unspecified atom stereocenters. The highest BCUT2D eigenvalue weighted by molar-refractivity contribution is 6.47. The third kappa shape index (κ3) is 55.1. The number of aliphatic hydroxyl groups excluding tert-OH is 2. The number of rotatable bonds is 27. The topological polar surface area (TPSA) is 364 Å². The van der Waals surface area contributed by atoms with Gasteiger partial charge >= 0.3 is 42.3 Å². The van der Waals surface area contributed by atoms with Gasteiger partial charge in [-0.3, -0.25) is 0 Å². The molecule has 19 nitrogen and oxygen atoms in total. The summed E-state index contributed by atoms with van der Waals surface area (Å²) in [4.78, 5) is 0. The Morgan fingerprint density at radius 1 is 0.227 bits per heavy atom. The van der Waals surface area contributed by atoms with Crippen LogP contribution in [0.3, 0.4) is 0 Å². The van der Waals surface area contributed by atoms with Crippen LogP contribution in [0.2, 0.25) is 40.9 Å². The summed E-state index contributed by atoms with van der Waals surface area (Å²) in [5.74, 6) is -2.83. The number of benzene rings is 11. The van der Waals surface area contributed by atoms with Crippen LogP contribution in [0.5, 0.6) is 0 Å². The molecule has 11 aromatic carbocycles. The Kier molecular flexibility index (Phi) is 61.5. The van der Waals surface area contributed by atoms with Crippen molar-refractivity contribution in [2.45, 2.75) is 183 Å². The molecule has 0 amide bonds. The van der Waals surface area contributed by atoms with Gasteiger partial charge in [-0.05, 0) is 297 Å². The Morgan fingerprint density at radius 3 is 0.568 bits per heavy atom. The minimum atomic E-state index is -0.740. The second-order valence-electron chi connectivity index (χ2n) is 30.9. The van der Waals surface area contributed by atoms with Gasteiger partial charge in [-0.1, -0.05) is 147 Å². The Hall–Kier alpha value is -9.72. The average Bonchev–Trinajstić information content (AvgIpc) is 0.907. The van der Waals surface area contributed by atoms with E-state index in [1.807, 2.05) is 117 Å². The molecule has 714 valence electrons. The van der Waals surface area contributed by atoms with Crippen molar-refractivity contribution in [3.8, 4) is 0 Å². The van der Waals surface area contributed by atoms with E-state index >= 15 is 0 Å². The molecule has 0 radical (unpaired) electrons. The highest BCUT2D eigenvalue weighted by Gasteiger charge is 2.19. The number of hydrogen-bond acceptors (Lipinski definition) is 19. The van der Waals surface area contributed by atoms with E-state index < -0.39 is 54.4 Å². The van der Waals surface area contributed by atoms with Gasteiger partial charge in [0.1, 0.15) is 64.0 Å². The van der Waals surface area contributed by atoms with Gasteiger partial charge in [-0.25, -0.2) is 48.3 Å². The maximum absolute atomic E-state index is 12.9. The maximum Gasteiger partial charge on any atom is 0.374 e. The van der Waals surface area contributed by atoms with Crippen LogP contribution in [0.25, 0.3) is 0 Å². The predicted molar refractivity (Wildman–Crippen MR) is 518 cm³/mol. The van der Waals surface area contributed by atoms with Crippen LogP contribution in [0.15, 0.2) is 267 Å². The zero-order valence-electron chi connectivity index (χ0n) is 77.7. The monoisotopic (exact) mass is 1840 g/mol. The number of aliphatic hydroxyl groups is 2. The molecule has 11 aromatic rings. The number of nitrogens with one attached hydrogen (secondary N) is 6. The summed E-state index contributed by atoms with van der Waals surface area (Å²) in [6, 6.07) is 67.7. The summed E-state index contributed by atoms with van der Waals surface area (Å²) >= 11 is 0. The van der Waals surface area contributed by atoms with Crippen molar-refractivity contribution in [1.82, 2.24) is 31.4 Å². The van der Waals surface area contributed by atoms with Gasteiger partial charge < -0.3 is 100 Å². The Balaban J connectivity index is 0.000000727. The van der Waals surface area contributed by atoms with Gasteiger partial charge in [-0.2, -0.15) is 0 Å². The van der Waals surface area contributed by atoms with Gasteiger partial charge in [0.05, 0.1) is 19.3 Å². The van der Waals surface area contributed by atoms with E-state index in [1.165, 1.54) is 133 Å². The summed E-state index contributed by atoms with van der Waals surface area (Å²) in [5, 5.41) is 89.3. The van der Waals surface area contributed by atoms with Crippen LogP contribution < -0.4 is 60.0 Å². The average molecular weight is 1840 g/mol. The molecule has 36 heteroatoms. The smallest absolute Gasteiger partial charge is 0.374 e. The standard InChI is InChI=1S/C10H15BFNO.C9H13BFNO2.4C9H13BFNO.C9H12FN.C8H10FNO.3C8H10FN/c1-3-10(13-11(2)14)8-5-4-6-9(12)7-8;1-10(14)12-9(6-13)7-3-2-4-8(11)5-7;4*1-7(12-10(2)13)8-4-3-5-9(11)6-8;1-2-9(11)7-4-3-5-8(10)6-7;9-7-3-1-2-6(4-7)8(10)5-11;3*1-6(10)7-3-2-4-8(9)5-7/h4-7,10,13-14H,3H2,1-2H3;2-5,9,12-14H,6H2,1H3;4*3-7,12-13H,1-2H3;3-6,9H,2,11H2,1H3;1-4,8,11H,5,10H2;3*2-6H,10H2,1H3. The largest absolute Gasteiger partial charge is 0.437 e. The molecule has 0 bridgehead atoms. The first kappa shape index (κ1) is 120. The molecule has 0 aromatic heterocycles. The van der Waals surface area contributed by atoms with E-state index in [9.17, 15) is 53.3 Å². The van der Waals surface area contributed by atoms with Crippen LogP contribution in [-0.4, -0.2) is 95.9 Å².